The minimum absolute atomic E-state index is 0.0131. The number of rotatable bonds is 7. The van der Waals surface area contributed by atoms with E-state index in [2.05, 4.69) is 4.90 Å². The van der Waals surface area contributed by atoms with Crippen molar-refractivity contribution in [2.45, 2.75) is 74.9 Å². The van der Waals surface area contributed by atoms with Crippen molar-refractivity contribution < 1.29 is 62.9 Å². The number of hydrogen-bond acceptors (Lipinski definition) is 14. The summed E-state index contributed by atoms with van der Waals surface area (Å²) in [6.45, 7) is 2.44. The van der Waals surface area contributed by atoms with E-state index in [1.807, 2.05) is 6.92 Å². The summed E-state index contributed by atoms with van der Waals surface area (Å²) in [4.78, 5) is 43.1. The molecule has 7 rings (SSSR count). The van der Waals surface area contributed by atoms with E-state index < -0.39 is 89.6 Å². The fourth-order valence-electron chi connectivity index (χ4n) is 7.81. The fraction of sp³-hybridized carbons (Fsp3) is 0.545. The van der Waals surface area contributed by atoms with Crippen LogP contribution >= 0.6 is 0 Å². The van der Waals surface area contributed by atoms with Gasteiger partial charge < -0.3 is 48.5 Å². The molecule has 0 amide bonds. The van der Waals surface area contributed by atoms with Gasteiger partial charge >= 0.3 is 0 Å². The van der Waals surface area contributed by atoms with Gasteiger partial charge in [0.2, 0.25) is 5.78 Å². The Morgan fingerprint density at radius 1 is 1.06 bits per heavy atom. The first-order chi connectivity index (χ1) is 22.5. The quantitative estimate of drug-likeness (QED) is 0.311. The molecule has 0 radical (unpaired) electrons. The number of aromatic hydroxyl groups is 2. The molecule has 3 aliphatic heterocycles. The topological polar surface area (TPSA) is 180 Å². The number of aliphatic hydroxyl groups is 1. The normalized spacial score (nSPS) is 33.0. The molecule has 0 saturated carbocycles. The average Bonchev–Trinajstić information content (AvgIpc) is 3.44. The molecular weight excluding hydrogens is 618 g/mol. The van der Waals surface area contributed by atoms with Crippen LogP contribution in [0, 0.1) is 0 Å². The lowest BCUT2D eigenvalue weighted by atomic mass is 9.72. The second-order valence-corrected chi connectivity index (χ2v) is 12.6. The van der Waals surface area contributed by atoms with Crippen molar-refractivity contribution in [1.29, 1.82) is 0 Å². The van der Waals surface area contributed by atoms with E-state index in [4.69, 9.17) is 33.2 Å². The van der Waals surface area contributed by atoms with Crippen molar-refractivity contribution in [1.82, 2.24) is 4.90 Å². The Balaban J connectivity index is 1.30. The largest absolute Gasteiger partial charge is 0.507 e. The summed E-state index contributed by atoms with van der Waals surface area (Å²) >= 11 is 0. The predicted molar refractivity (Wildman–Crippen MR) is 158 cm³/mol. The number of hydrogen-bond donors (Lipinski definition) is 3. The molecule has 2 aliphatic carbocycles. The number of phenols is 2. The summed E-state index contributed by atoms with van der Waals surface area (Å²) in [5.41, 5.74) is -3.09. The SMILES string of the molecule is COCC(=O)[C@]1(O)Cc2c(O)c3c(c(O)c2[C@@H](O[C@H]2C[C@H]4C(O[C@@H]5[C@@H](OC)OCCN54)[C@H](C)O2)C1)C(=O)c1c(OC)cccc1C3=O. The van der Waals surface area contributed by atoms with Gasteiger partial charge in [0.1, 0.15) is 35.6 Å². The smallest absolute Gasteiger partial charge is 0.202 e. The van der Waals surface area contributed by atoms with Gasteiger partial charge in [-0.05, 0) is 13.0 Å². The van der Waals surface area contributed by atoms with Gasteiger partial charge in [0, 0.05) is 62.8 Å². The number of methoxy groups -OCH3 is 3. The highest BCUT2D eigenvalue weighted by atomic mass is 16.7. The van der Waals surface area contributed by atoms with Crippen LogP contribution in [0.1, 0.15) is 68.8 Å². The Kier molecular flexibility index (Phi) is 8.12. The molecule has 14 nitrogen and oxygen atoms in total. The standard InChI is InChI=1S/C33H37NO13/c1-14-30-17(34-8-9-44-32(43-4)31(34)47-30)10-21(45-14)46-19-12-33(40,20(35)13-41-2)11-16-23(19)29(39)25-24(27(16)37)26(36)15-6-5-7-18(42-3)22(15)28(25)38/h5-7,14,17,19,21,30-32,37,39-40H,8-13H2,1-4H3/t14-,17-,19-,21-,30?,31+,32-,33-/m0/s1. The van der Waals surface area contributed by atoms with E-state index in [1.165, 1.54) is 32.4 Å². The Morgan fingerprint density at radius 3 is 2.55 bits per heavy atom. The number of benzene rings is 2. The van der Waals surface area contributed by atoms with E-state index >= 15 is 0 Å². The lowest BCUT2D eigenvalue weighted by molar-refractivity contribution is -0.256. The van der Waals surface area contributed by atoms with Gasteiger partial charge in [0.15, 0.2) is 30.4 Å². The Hall–Kier alpha value is -3.47. The van der Waals surface area contributed by atoms with Crippen LogP contribution in [0.4, 0.5) is 0 Å². The number of ether oxygens (including phenoxy) is 7. The molecule has 0 spiro atoms. The van der Waals surface area contributed by atoms with E-state index in [0.29, 0.717) is 19.6 Å². The molecule has 0 bridgehead atoms. The highest BCUT2D eigenvalue weighted by molar-refractivity contribution is 6.31. The summed E-state index contributed by atoms with van der Waals surface area (Å²) in [5.74, 6) is -3.21. The third kappa shape index (κ3) is 4.89. The average molecular weight is 656 g/mol. The molecule has 0 aromatic heterocycles. The summed E-state index contributed by atoms with van der Waals surface area (Å²) in [7, 11) is 4.21. The van der Waals surface area contributed by atoms with Gasteiger partial charge in [0.05, 0.1) is 42.6 Å². The summed E-state index contributed by atoms with van der Waals surface area (Å²) in [5, 5.41) is 35.2. The maximum atomic E-state index is 13.9. The lowest BCUT2D eigenvalue weighted by Crippen LogP contribution is -2.55. The van der Waals surface area contributed by atoms with Crippen LogP contribution in [-0.2, 0) is 39.6 Å². The first-order valence-corrected chi connectivity index (χ1v) is 15.5. The van der Waals surface area contributed by atoms with Gasteiger partial charge in [-0.3, -0.25) is 19.3 Å². The number of Topliss-reactive ketones (excluding diaryl/α,β-unsaturated/α-hetero) is 1. The maximum absolute atomic E-state index is 13.9. The molecule has 5 aliphatic rings. The number of fused-ring (bicyclic) bond motifs is 6. The van der Waals surface area contributed by atoms with Crippen LogP contribution in [0.25, 0.3) is 0 Å². The molecule has 47 heavy (non-hydrogen) atoms. The molecule has 2 aromatic carbocycles. The number of carbonyl (C=O) groups excluding carboxylic acids is 3. The van der Waals surface area contributed by atoms with Crippen molar-refractivity contribution in [2.24, 2.45) is 0 Å². The lowest BCUT2D eigenvalue weighted by Gasteiger charge is -2.43. The van der Waals surface area contributed by atoms with Crippen LogP contribution in [-0.4, -0.2) is 121 Å². The summed E-state index contributed by atoms with van der Waals surface area (Å²) in [6, 6.07) is 4.33. The Labute approximate surface area is 270 Å². The number of phenolic OH excluding ortho intramolecular Hbond substituents is 2. The zero-order valence-corrected chi connectivity index (χ0v) is 26.4. The first kappa shape index (κ1) is 32.1. The van der Waals surface area contributed by atoms with Crippen LogP contribution < -0.4 is 4.74 Å². The Morgan fingerprint density at radius 2 is 1.83 bits per heavy atom. The molecule has 3 heterocycles. The molecule has 3 N–H and O–H groups in total. The fourth-order valence-corrected chi connectivity index (χ4v) is 7.81. The van der Waals surface area contributed by atoms with E-state index in [-0.39, 0.29) is 46.6 Å². The zero-order valence-electron chi connectivity index (χ0n) is 26.4. The first-order valence-electron chi connectivity index (χ1n) is 15.5. The summed E-state index contributed by atoms with van der Waals surface area (Å²) in [6.07, 6.45) is -4.44. The van der Waals surface area contributed by atoms with Gasteiger partial charge in [0.25, 0.3) is 0 Å². The second kappa shape index (κ2) is 11.9. The number of nitrogens with zero attached hydrogens (tertiary/aromatic N) is 1. The number of morpholine rings is 1. The van der Waals surface area contributed by atoms with E-state index in [1.54, 1.807) is 7.11 Å². The Bertz CT molecular complexity index is 1640. The van der Waals surface area contributed by atoms with Crippen molar-refractivity contribution in [3.05, 3.63) is 51.6 Å². The van der Waals surface area contributed by atoms with E-state index in [0.717, 1.165) is 0 Å². The molecule has 14 heteroatoms. The minimum atomic E-state index is -2.10. The van der Waals surface area contributed by atoms with Crippen molar-refractivity contribution in [3.63, 3.8) is 0 Å². The van der Waals surface area contributed by atoms with Crippen molar-refractivity contribution in [3.8, 4) is 17.2 Å². The number of ketones is 3. The van der Waals surface area contributed by atoms with Crippen LogP contribution in [0.5, 0.6) is 17.2 Å². The van der Waals surface area contributed by atoms with Crippen LogP contribution in [0.15, 0.2) is 18.2 Å². The number of carbonyl (C=O) groups is 3. The molecule has 3 fully saturated rings. The molecular formula is C33H37NO13. The van der Waals surface area contributed by atoms with Gasteiger partial charge in [-0.1, -0.05) is 12.1 Å². The van der Waals surface area contributed by atoms with E-state index in [9.17, 15) is 29.7 Å². The molecule has 8 atom stereocenters. The maximum Gasteiger partial charge on any atom is 0.202 e. The molecule has 3 saturated heterocycles. The van der Waals surface area contributed by atoms with Crippen LogP contribution in [0.2, 0.25) is 0 Å². The highest BCUT2D eigenvalue weighted by Crippen LogP contribution is 2.53. The molecule has 1 unspecified atom stereocenters. The minimum Gasteiger partial charge on any atom is -0.507 e. The highest BCUT2D eigenvalue weighted by Gasteiger charge is 2.55. The summed E-state index contributed by atoms with van der Waals surface area (Å²) < 4.78 is 40.6. The third-order valence-corrected chi connectivity index (χ3v) is 9.97. The molecule has 2 aromatic rings. The van der Waals surface area contributed by atoms with Crippen molar-refractivity contribution in [2.75, 3.05) is 41.1 Å². The monoisotopic (exact) mass is 655 g/mol. The second-order valence-electron chi connectivity index (χ2n) is 12.6. The van der Waals surface area contributed by atoms with Crippen LogP contribution in [0.3, 0.4) is 0 Å². The van der Waals surface area contributed by atoms with Gasteiger partial charge in [-0.25, -0.2) is 0 Å². The predicted octanol–water partition coefficient (Wildman–Crippen LogP) is 1.37. The zero-order chi connectivity index (χ0) is 33.4. The third-order valence-electron chi connectivity index (χ3n) is 9.97. The van der Waals surface area contributed by atoms with Gasteiger partial charge in [-0.2, -0.15) is 0 Å². The molecule has 252 valence electrons. The van der Waals surface area contributed by atoms with Gasteiger partial charge in [-0.15, -0.1) is 0 Å². The van der Waals surface area contributed by atoms with Crippen molar-refractivity contribution >= 4 is 17.3 Å².